The summed E-state index contributed by atoms with van der Waals surface area (Å²) in [5.41, 5.74) is 6.74. The molecule has 0 radical (unpaired) electrons. The maximum absolute atomic E-state index is 8.86. The number of hydrogen-bond donors (Lipinski definition) is 4. The van der Waals surface area contributed by atoms with Gasteiger partial charge < -0.3 is 26.1 Å². The van der Waals surface area contributed by atoms with E-state index in [1.165, 1.54) is 0 Å². The molecule has 0 spiro atoms. The molecule has 0 aromatic heterocycles. The Morgan fingerprint density at radius 2 is 2.05 bits per heavy atom. The van der Waals surface area contributed by atoms with Crippen molar-refractivity contribution in [3.63, 3.8) is 0 Å². The minimum Gasteiger partial charge on any atom is -0.409 e. The average Bonchev–Trinajstić information content (AvgIpc) is 2.50. The van der Waals surface area contributed by atoms with E-state index < -0.39 is 0 Å². The molecule has 0 aliphatic rings. The summed E-state index contributed by atoms with van der Waals surface area (Å²) in [6, 6.07) is 9.69. The standard InChI is InChI=1S/C14H23N3O3/c15-14(17-19)13(12-5-2-1-3-6-12)11-16-7-4-9-20-10-8-18/h1-3,5-6,13,16,18-19H,4,7-11H2,(H2,15,17). The first-order valence-corrected chi connectivity index (χ1v) is 6.71. The van der Waals surface area contributed by atoms with Gasteiger partial charge in [0.2, 0.25) is 0 Å². The fourth-order valence-corrected chi connectivity index (χ4v) is 1.86. The van der Waals surface area contributed by atoms with Gasteiger partial charge in [-0.05, 0) is 18.5 Å². The van der Waals surface area contributed by atoms with Gasteiger partial charge in [0.05, 0.1) is 19.1 Å². The molecule has 0 bridgehead atoms. The third kappa shape index (κ3) is 6.01. The van der Waals surface area contributed by atoms with E-state index in [2.05, 4.69) is 10.5 Å². The smallest absolute Gasteiger partial charge is 0.147 e. The number of rotatable bonds is 10. The molecule has 0 amide bonds. The van der Waals surface area contributed by atoms with Crippen molar-refractivity contribution in [2.24, 2.45) is 10.9 Å². The quantitative estimate of drug-likeness (QED) is 0.165. The van der Waals surface area contributed by atoms with E-state index in [-0.39, 0.29) is 18.4 Å². The fourth-order valence-electron chi connectivity index (χ4n) is 1.86. The van der Waals surface area contributed by atoms with Crippen LogP contribution in [0.1, 0.15) is 17.9 Å². The first-order valence-electron chi connectivity index (χ1n) is 6.71. The van der Waals surface area contributed by atoms with Gasteiger partial charge in [0.15, 0.2) is 0 Å². The maximum Gasteiger partial charge on any atom is 0.147 e. The summed E-state index contributed by atoms with van der Waals surface area (Å²) in [6.45, 7) is 2.39. The summed E-state index contributed by atoms with van der Waals surface area (Å²) in [6.07, 6.45) is 0.845. The van der Waals surface area contributed by atoms with Crippen molar-refractivity contribution in [2.75, 3.05) is 32.9 Å². The number of nitrogens with two attached hydrogens (primary N) is 1. The first kappa shape index (κ1) is 16.4. The molecule has 1 atom stereocenters. The van der Waals surface area contributed by atoms with Crippen molar-refractivity contribution in [1.82, 2.24) is 5.32 Å². The molecule has 1 aromatic rings. The van der Waals surface area contributed by atoms with E-state index in [9.17, 15) is 0 Å². The van der Waals surface area contributed by atoms with Crippen LogP contribution in [-0.4, -0.2) is 49.1 Å². The zero-order valence-corrected chi connectivity index (χ0v) is 11.5. The number of nitrogens with zero attached hydrogens (tertiary/aromatic N) is 1. The average molecular weight is 281 g/mol. The van der Waals surface area contributed by atoms with Crippen LogP contribution in [-0.2, 0) is 4.74 Å². The number of hydrogen-bond acceptors (Lipinski definition) is 5. The van der Waals surface area contributed by atoms with Gasteiger partial charge in [-0.1, -0.05) is 35.5 Å². The summed E-state index contributed by atoms with van der Waals surface area (Å²) in [7, 11) is 0. The molecule has 0 aliphatic carbocycles. The highest BCUT2D eigenvalue weighted by atomic mass is 16.5. The molecule has 0 aliphatic heterocycles. The van der Waals surface area contributed by atoms with Gasteiger partial charge in [-0.2, -0.15) is 0 Å². The third-order valence-corrected chi connectivity index (χ3v) is 2.90. The Bertz CT molecular complexity index is 385. The van der Waals surface area contributed by atoms with Crippen molar-refractivity contribution in [2.45, 2.75) is 12.3 Å². The van der Waals surface area contributed by atoms with Gasteiger partial charge in [-0.25, -0.2) is 0 Å². The number of benzene rings is 1. The topological polar surface area (TPSA) is 100 Å². The summed E-state index contributed by atoms with van der Waals surface area (Å²) in [4.78, 5) is 0. The van der Waals surface area contributed by atoms with Crippen LogP contribution >= 0.6 is 0 Å². The van der Waals surface area contributed by atoms with E-state index >= 15 is 0 Å². The van der Waals surface area contributed by atoms with Crippen LogP contribution in [0.25, 0.3) is 0 Å². The molecule has 112 valence electrons. The molecular formula is C14H23N3O3. The molecule has 0 fully saturated rings. The monoisotopic (exact) mass is 281 g/mol. The second-order valence-corrected chi connectivity index (χ2v) is 4.38. The Labute approximate surface area is 119 Å². The van der Waals surface area contributed by atoms with E-state index in [4.69, 9.17) is 20.8 Å². The summed E-state index contributed by atoms with van der Waals surface area (Å²) in [5, 5.41) is 23.8. The van der Waals surface area contributed by atoms with Gasteiger partial charge in [0.1, 0.15) is 5.84 Å². The zero-order chi connectivity index (χ0) is 14.6. The molecule has 20 heavy (non-hydrogen) atoms. The van der Waals surface area contributed by atoms with Crippen LogP contribution in [0.5, 0.6) is 0 Å². The molecule has 6 heteroatoms. The summed E-state index contributed by atoms with van der Waals surface area (Å²) < 4.78 is 5.16. The Morgan fingerprint density at radius 1 is 1.30 bits per heavy atom. The molecule has 5 N–H and O–H groups in total. The van der Waals surface area contributed by atoms with Gasteiger partial charge in [0, 0.05) is 13.2 Å². The molecule has 0 saturated carbocycles. The van der Waals surface area contributed by atoms with Crippen LogP contribution in [0.15, 0.2) is 35.5 Å². The summed E-state index contributed by atoms with van der Waals surface area (Å²) in [5.74, 6) is 0.0415. The van der Waals surface area contributed by atoms with Crippen LogP contribution in [0.4, 0.5) is 0 Å². The maximum atomic E-state index is 8.86. The predicted molar refractivity (Wildman–Crippen MR) is 78.0 cm³/mol. The minimum absolute atomic E-state index is 0.0486. The van der Waals surface area contributed by atoms with E-state index in [1.807, 2.05) is 30.3 Å². The lowest BCUT2D eigenvalue weighted by molar-refractivity contribution is 0.0907. The van der Waals surface area contributed by atoms with Crippen molar-refractivity contribution in [3.05, 3.63) is 35.9 Å². The molecule has 1 rings (SSSR count). The Hall–Kier alpha value is -1.63. The second kappa shape index (κ2) is 10.2. The van der Waals surface area contributed by atoms with Crippen molar-refractivity contribution < 1.29 is 15.1 Å². The Morgan fingerprint density at radius 3 is 2.70 bits per heavy atom. The molecule has 0 heterocycles. The normalized spacial score (nSPS) is 13.3. The van der Waals surface area contributed by atoms with Crippen LogP contribution in [0, 0.1) is 0 Å². The first-order chi connectivity index (χ1) is 9.79. The summed E-state index contributed by atoms with van der Waals surface area (Å²) >= 11 is 0. The highest BCUT2D eigenvalue weighted by Gasteiger charge is 2.15. The van der Waals surface area contributed by atoms with Crippen LogP contribution in [0.2, 0.25) is 0 Å². The highest BCUT2D eigenvalue weighted by molar-refractivity contribution is 5.87. The number of aliphatic hydroxyl groups excluding tert-OH is 1. The molecule has 1 unspecified atom stereocenters. The number of aliphatic hydroxyl groups is 1. The minimum atomic E-state index is -0.153. The molecule has 6 nitrogen and oxygen atoms in total. The van der Waals surface area contributed by atoms with E-state index in [1.54, 1.807) is 0 Å². The van der Waals surface area contributed by atoms with E-state index in [0.717, 1.165) is 18.5 Å². The van der Waals surface area contributed by atoms with Crippen molar-refractivity contribution in [1.29, 1.82) is 0 Å². The lowest BCUT2D eigenvalue weighted by atomic mass is 9.98. The Kier molecular flexibility index (Phi) is 8.37. The van der Waals surface area contributed by atoms with E-state index in [0.29, 0.717) is 19.8 Å². The van der Waals surface area contributed by atoms with Crippen molar-refractivity contribution >= 4 is 5.84 Å². The van der Waals surface area contributed by atoms with Gasteiger partial charge in [-0.3, -0.25) is 0 Å². The van der Waals surface area contributed by atoms with Crippen LogP contribution < -0.4 is 11.1 Å². The number of nitrogens with one attached hydrogen (secondary N) is 1. The molecule has 1 aromatic carbocycles. The molecular weight excluding hydrogens is 258 g/mol. The zero-order valence-electron chi connectivity index (χ0n) is 11.5. The Balaban J connectivity index is 2.36. The van der Waals surface area contributed by atoms with Crippen molar-refractivity contribution in [3.8, 4) is 0 Å². The SMILES string of the molecule is N/C(=N/O)C(CNCCCOCCO)c1ccccc1. The second-order valence-electron chi connectivity index (χ2n) is 4.38. The van der Waals surface area contributed by atoms with Gasteiger partial charge in [0.25, 0.3) is 0 Å². The largest absolute Gasteiger partial charge is 0.409 e. The van der Waals surface area contributed by atoms with Crippen LogP contribution in [0.3, 0.4) is 0 Å². The lowest BCUT2D eigenvalue weighted by Gasteiger charge is -2.16. The molecule has 0 saturated heterocycles. The lowest BCUT2D eigenvalue weighted by Crippen LogP contribution is -2.32. The number of amidine groups is 1. The fraction of sp³-hybridized carbons (Fsp3) is 0.500. The highest BCUT2D eigenvalue weighted by Crippen LogP contribution is 2.14. The van der Waals surface area contributed by atoms with Gasteiger partial charge in [-0.15, -0.1) is 0 Å². The third-order valence-electron chi connectivity index (χ3n) is 2.90. The predicted octanol–water partition coefficient (Wildman–Crippen LogP) is 0.505. The van der Waals surface area contributed by atoms with Gasteiger partial charge >= 0.3 is 0 Å². The number of oxime groups is 1. The number of ether oxygens (including phenoxy) is 1.